The zero-order chi connectivity index (χ0) is 15.4. The highest BCUT2D eigenvalue weighted by atomic mass is 32.1. The van der Waals surface area contributed by atoms with Gasteiger partial charge in [-0.05, 0) is 33.2 Å². The predicted molar refractivity (Wildman–Crippen MR) is 91.3 cm³/mol. The van der Waals surface area contributed by atoms with Crippen molar-refractivity contribution in [3.05, 3.63) is 29.3 Å². The first-order valence-electron chi connectivity index (χ1n) is 8.24. The van der Waals surface area contributed by atoms with E-state index in [-0.39, 0.29) is 0 Å². The Bertz CT molecular complexity index is 561. The summed E-state index contributed by atoms with van der Waals surface area (Å²) in [7, 11) is 0. The van der Waals surface area contributed by atoms with Crippen molar-refractivity contribution in [2.45, 2.75) is 45.7 Å². The summed E-state index contributed by atoms with van der Waals surface area (Å²) in [4.78, 5) is 18.6. The van der Waals surface area contributed by atoms with E-state index in [1.807, 2.05) is 29.9 Å². The fourth-order valence-corrected chi connectivity index (χ4v) is 4.22. The second kappa shape index (κ2) is 7.24. The Kier molecular flexibility index (Phi) is 5.10. The van der Waals surface area contributed by atoms with Crippen LogP contribution in [0.3, 0.4) is 0 Å². The Morgan fingerprint density at radius 1 is 1.32 bits per heavy atom. The van der Waals surface area contributed by atoms with Crippen LogP contribution in [0.5, 0.6) is 0 Å². The van der Waals surface area contributed by atoms with Gasteiger partial charge in [0.25, 0.3) is 0 Å². The lowest BCUT2D eigenvalue weighted by Gasteiger charge is -2.34. The number of anilines is 1. The molecule has 5 nitrogen and oxygen atoms in total. The fourth-order valence-electron chi connectivity index (χ4n) is 3.16. The van der Waals surface area contributed by atoms with Crippen molar-refractivity contribution in [2.75, 3.05) is 24.5 Å². The molecule has 0 saturated carbocycles. The number of nitrogens with zero attached hydrogens (tertiary/aromatic N) is 4. The minimum atomic E-state index is 0.419. The topological polar surface area (TPSA) is 48.1 Å². The van der Waals surface area contributed by atoms with Gasteiger partial charge in [0, 0.05) is 43.1 Å². The highest BCUT2D eigenvalue weighted by molar-refractivity contribution is 7.15. The quantitative estimate of drug-likeness (QED) is 0.886. The molecule has 0 aromatic carbocycles. The van der Waals surface area contributed by atoms with Crippen LogP contribution < -0.4 is 4.90 Å². The first-order valence-corrected chi connectivity index (χ1v) is 9.06. The maximum absolute atomic E-state index is 4.61. The average molecular weight is 319 g/mol. The lowest BCUT2D eigenvalue weighted by atomic mass is 10.0. The number of aromatic amines is 1. The normalized spacial score (nSPS) is 19.5. The van der Waals surface area contributed by atoms with Crippen LogP contribution in [0.2, 0.25) is 0 Å². The second-order valence-corrected chi connectivity index (χ2v) is 6.83. The number of likely N-dealkylation sites (tertiary alicyclic amines) is 1. The molecule has 2 aromatic rings. The molecule has 1 aliphatic rings. The van der Waals surface area contributed by atoms with Crippen molar-refractivity contribution >= 4 is 16.5 Å². The molecule has 3 rings (SSSR count). The molecule has 1 aliphatic heterocycles. The molecule has 6 heteroatoms. The van der Waals surface area contributed by atoms with Crippen molar-refractivity contribution < 1.29 is 0 Å². The Morgan fingerprint density at radius 2 is 2.18 bits per heavy atom. The summed E-state index contributed by atoms with van der Waals surface area (Å²) in [5.41, 5.74) is 0. The van der Waals surface area contributed by atoms with Crippen molar-refractivity contribution in [3.8, 4) is 0 Å². The minimum Gasteiger partial charge on any atom is -0.349 e. The second-order valence-electron chi connectivity index (χ2n) is 5.74. The molecule has 0 unspecified atom stereocenters. The molecule has 1 N–H and O–H groups in total. The zero-order valence-corrected chi connectivity index (χ0v) is 14.3. The highest BCUT2D eigenvalue weighted by Crippen LogP contribution is 2.32. The third-order valence-electron chi connectivity index (χ3n) is 4.38. The van der Waals surface area contributed by atoms with Gasteiger partial charge < -0.3 is 9.88 Å². The van der Waals surface area contributed by atoms with Gasteiger partial charge in [0.1, 0.15) is 5.82 Å². The van der Waals surface area contributed by atoms with Crippen molar-refractivity contribution in [1.82, 2.24) is 19.9 Å². The summed E-state index contributed by atoms with van der Waals surface area (Å²) < 4.78 is 0. The molecule has 1 saturated heterocycles. The van der Waals surface area contributed by atoms with E-state index in [1.165, 1.54) is 24.1 Å². The number of nitrogens with one attached hydrogen (secondary N) is 1. The maximum Gasteiger partial charge on any atom is 0.185 e. The van der Waals surface area contributed by atoms with Gasteiger partial charge in [-0.2, -0.15) is 0 Å². The van der Waals surface area contributed by atoms with Gasteiger partial charge >= 0.3 is 0 Å². The number of thiazole rings is 1. The standard InChI is InChI=1S/C16H25N5S/c1-3-20(4-2)16-19-11-13(22-16)12-21-10-6-5-7-14(21)15-17-8-9-18-15/h8-9,11,14H,3-7,10,12H2,1-2H3,(H,17,18)/t14-/m1/s1. The molecule has 3 heterocycles. The van der Waals surface area contributed by atoms with Crippen LogP contribution in [0.25, 0.3) is 0 Å². The summed E-state index contributed by atoms with van der Waals surface area (Å²) in [5.74, 6) is 1.10. The Labute approximate surface area is 136 Å². The number of imidazole rings is 1. The SMILES string of the molecule is CCN(CC)c1ncc(CN2CCCC[C@@H]2c2ncc[nH]2)s1. The molecule has 120 valence electrons. The van der Waals surface area contributed by atoms with E-state index >= 15 is 0 Å². The predicted octanol–water partition coefficient (Wildman–Crippen LogP) is 3.44. The highest BCUT2D eigenvalue weighted by Gasteiger charge is 2.26. The molecule has 0 amide bonds. The lowest BCUT2D eigenvalue weighted by molar-refractivity contribution is 0.135. The van der Waals surface area contributed by atoms with Crippen LogP contribution in [-0.2, 0) is 6.54 Å². The monoisotopic (exact) mass is 319 g/mol. The van der Waals surface area contributed by atoms with E-state index in [0.29, 0.717) is 6.04 Å². The maximum atomic E-state index is 4.61. The molecular formula is C16H25N5S. The van der Waals surface area contributed by atoms with Crippen molar-refractivity contribution in [1.29, 1.82) is 0 Å². The molecule has 2 aromatic heterocycles. The largest absolute Gasteiger partial charge is 0.349 e. The third-order valence-corrected chi connectivity index (χ3v) is 5.43. The lowest BCUT2D eigenvalue weighted by Crippen LogP contribution is -2.33. The Morgan fingerprint density at radius 3 is 2.91 bits per heavy atom. The zero-order valence-electron chi connectivity index (χ0n) is 13.5. The minimum absolute atomic E-state index is 0.419. The smallest absolute Gasteiger partial charge is 0.185 e. The van der Waals surface area contributed by atoms with E-state index < -0.39 is 0 Å². The summed E-state index contributed by atoms with van der Waals surface area (Å²) in [6, 6.07) is 0.419. The van der Waals surface area contributed by atoms with Gasteiger partial charge in [-0.3, -0.25) is 4.90 Å². The van der Waals surface area contributed by atoms with E-state index in [0.717, 1.165) is 37.1 Å². The Balaban J connectivity index is 1.71. The first-order chi connectivity index (χ1) is 10.8. The van der Waals surface area contributed by atoms with E-state index in [9.17, 15) is 0 Å². The van der Waals surface area contributed by atoms with Crippen LogP contribution in [0.4, 0.5) is 5.13 Å². The van der Waals surface area contributed by atoms with Gasteiger partial charge in [-0.1, -0.05) is 6.42 Å². The molecule has 0 bridgehead atoms. The molecule has 0 aliphatic carbocycles. The van der Waals surface area contributed by atoms with Crippen molar-refractivity contribution in [3.63, 3.8) is 0 Å². The number of hydrogen-bond donors (Lipinski definition) is 1. The molecule has 0 spiro atoms. The summed E-state index contributed by atoms with van der Waals surface area (Å²) in [5, 5.41) is 1.14. The molecule has 0 radical (unpaired) electrons. The van der Waals surface area contributed by atoms with E-state index in [2.05, 4.69) is 38.6 Å². The number of hydrogen-bond acceptors (Lipinski definition) is 5. The third kappa shape index (κ3) is 3.33. The van der Waals surface area contributed by atoms with E-state index in [1.54, 1.807) is 0 Å². The first kappa shape index (κ1) is 15.5. The van der Waals surface area contributed by atoms with Gasteiger partial charge in [-0.25, -0.2) is 9.97 Å². The summed E-state index contributed by atoms with van der Waals surface area (Å²) in [6.07, 6.45) is 9.58. The van der Waals surface area contributed by atoms with Gasteiger partial charge in [0.15, 0.2) is 5.13 Å². The molecule has 1 fully saturated rings. The number of aromatic nitrogens is 3. The number of rotatable bonds is 6. The van der Waals surface area contributed by atoms with Crippen LogP contribution in [0, 0.1) is 0 Å². The summed E-state index contributed by atoms with van der Waals surface area (Å²) >= 11 is 1.83. The average Bonchev–Trinajstić information content (AvgIpc) is 3.21. The molecule has 1 atom stereocenters. The van der Waals surface area contributed by atoms with Gasteiger partial charge in [0.2, 0.25) is 0 Å². The van der Waals surface area contributed by atoms with Gasteiger partial charge in [0.05, 0.1) is 6.04 Å². The van der Waals surface area contributed by atoms with Crippen LogP contribution in [0.1, 0.15) is 49.9 Å². The van der Waals surface area contributed by atoms with Crippen LogP contribution in [-0.4, -0.2) is 39.5 Å². The summed E-state index contributed by atoms with van der Waals surface area (Å²) in [6.45, 7) is 8.52. The number of H-pyrrole nitrogens is 1. The fraction of sp³-hybridized carbons (Fsp3) is 0.625. The van der Waals surface area contributed by atoms with Crippen LogP contribution in [0.15, 0.2) is 18.6 Å². The number of piperidine rings is 1. The Hall–Kier alpha value is -1.40. The van der Waals surface area contributed by atoms with Crippen molar-refractivity contribution in [2.24, 2.45) is 0 Å². The van der Waals surface area contributed by atoms with Gasteiger partial charge in [-0.15, -0.1) is 11.3 Å². The van der Waals surface area contributed by atoms with E-state index in [4.69, 9.17) is 0 Å². The molecular weight excluding hydrogens is 294 g/mol. The molecule has 22 heavy (non-hydrogen) atoms. The van der Waals surface area contributed by atoms with Crippen LogP contribution >= 0.6 is 11.3 Å².